The molecule has 0 saturated heterocycles. The van der Waals surface area contributed by atoms with Crippen LogP contribution in [0.15, 0.2) is 22.7 Å². The van der Waals surface area contributed by atoms with Crippen molar-refractivity contribution in [3.8, 4) is 12.1 Å². The second kappa shape index (κ2) is 5.88. The number of rotatable bonds is 4. The van der Waals surface area contributed by atoms with Crippen LogP contribution in [-0.4, -0.2) is 24.2 Å². The number of aromatic carboxylic acids is 1. The maximum atomic E-state index is 11.0. The predicted molar refractivity (Wildman–Crippen MR) is 64.5 cm³/mol. The lowest BCUT2D eigenvalue weighted by atomic mass is 10.1. The minimum Gasteiger partial charge on any atom is -0.478 e. The average molecular weight is 294 g/mol. The van der Waals surface area contributed by atoms with E-state index in [1.165, 1.54) is 11.0 Å². The number of benzene rings is 1. The molecule has 0 bridgehead atoms. The Kier molecular flexibility index (Phi) is 4.50. The van der Waals surface area contributed by atoms with Crippen molar-refractivity contribution >= 4 is 27.6 Å². The molecule has 0 aliphatic heterocycles. The summed E-state index contributed by atoms with van der Waals surface area (Å²) in [7, 11) is 0. The lowest BCUT2D eigenvalue weighted by molar-refractivity contribution is 0.0697. The fraction of sp³-hybridized carbons (Fsp3) is 0.182. The Hall–Kier alpha value is -2.05. The molecule has 0 heterocycles. The van der Waals surface area contributed by atoms with Gasteiger partial charge in [-0.2, -0.15) is 10.5 Å². The molecule has 17 heavy (non-hydrogen) atoms. The van der Waals surface area contributed by atoms with Crippen molar-refractivity contribution in [3.63, 3.8) is 0 Å². The molecule has 0 fully saturated rings. The van der Waals surface area contributed by atoms with Gasteiger partial charge in [0.15, 0.2) is 0 Å². The monoisotopic (exact) mass is 293 g/mol. The smallest absolute Gasteiger partial charge is 0.337 e. The summed E-state index contributed by atoms with van der Waals surface area (Å²) >= 11 is 3.23. The number of carboxylic acid groups (broad SMARTS) is 1. The third-order valence-electron chi connectivity index (χ3n) is 2.05. The molecule has 0 amide bonds. The number of halogens is 1. The van der Waals surface area contributed by atoms with Crippen molar-refractivity contribution in [2.45, 2.75) is 0 Å². The van der Waals surface area contributed by atoms with Crippen molar-refractivity contribution < 1.29 is 9.90 Å². The van der Waals surface area contributed by atoms with Gasteiger partial charge in [-0.3, -0.25) is 0 Å². The highest BCUT2D eigenvalue weighted by molar-refractivity contribution is 9.10. The Balaban J connectivity index is 3.25. The zero-order valence-corrected chi connectivity index (χ0v) is 10.3. The summed E-state index contributed by atoms with van der Waals surface area (Å²) in [5.74, 6) is -1.09. The summed E-state index contributed by atoms with van der Waals surface area (Å²) in [5, 5.41) is 26.4. The fourth-order valence-corrected chi connectivity index (χ4v) is 1.69. The van der Waals surface area contributed by atoms with Crippen molar-refractivity contribution in [2.75, 3.05) is 18.0 Å². The van der Waals surface area contributed by atoms with Gasteiger partial charge in [0.05, 0.1) is 23.4 Å². The minimum absolute atomic E-state index is 0.0374. The van der Waals surface area contributed by atoms with E-state index in [-0.39, 0.29) is 18.7 Å². The Morgan fingerprint density at radius 2 is 1.94 bits per heavy atom. The number of hydrogen-bond acceptors (Lipinski definition) is 4. The molecule has 0 atom stereocenters. The largest absolute Gasteiger partial charge is 0.478 e. The zero-order chi connectivity index (χ0) is 12.8. The number of nitriles is 2. The third kappa shape index (κ3) is 3.20. The number of anilines is 1. The summed E-state index contributed by atoms with van der Waals surface area (Å²) in [5.41, 5.74) is 0.425. The van der Waals surface area contributed by atoms with Crippen LogP contribution in [0.5, 0.6) is 0 Å². The first-order valence-electron chi connectivity index (χ1n) is 4.62. The van der Waals surface area contributed by atoms with Gasteiger partial charge in [0, 0.05) is 4.47 Å². The van der Waals surface area contributed by atoms with Crippen LogP contribution in [0.3, 0.4) is 0 Å². The van der Waals surface area contributed by atoms with Gasteiger partial charge in [0.25, 0.3) is 0 Å². The molecule has 0 aliphatic rings. The molecule has 5 nitrogen and oxygen atoms in total. The van der Waals surface area contributed by atoms with Crippen LogP contribution in [0.25, 0.3) is 0 Å². The topological polar surface area (TPSA) is 88.1 Å². The zero-order valence-electron chi connectivity index (χ0n) is 8.72. The molecule has 0 spiro atoms. The van der Waals surface area contributed by atoms with Gasteiger partial charge in [-0.15, -0.1) is 0 Å². The molecule has 0 radical (unpaired) electrons. The molecule has 86 valence electrons. The van der Waals surface area contributed by atoms with Gasteiger partial charge < -0.3 is 10.0 Å². The van der Waals surface area contributed by atoms with Crippen LogP contribution in [-0.2, 0) is 0 Å². The molecule has 0 unspecified atom stereocenters. The van der Waals surface area contributed by atoms with E-state index in [0.29, 0.717) is 10.2 Å². The Morgan fingerprint density at radius 3 is 2.41 bits per heavy atom. The van der Waals surface area contributed by atoms with Gasteiger partial charge in [-0.1, -0.05) is 15.9 Å². The summed E-state index contributed by atoms with van der Waals surface area (Å²) in [4.78, 5) is 12.4. The fourth-order valence-electron chi connectivity index (χ4n) is 1.34. The van der Waals surface area contributed by atoms with Crippen molar-refractivity contribution in [3.05, 3.63) is 28.2 Å². The molecule has 1 rings (SSSR count). The lowest BCUT2D eigenvalue weighted by Crippen LogP contribution is -2.25. The van der Waals surface area contributed by atoms with Gasteiger partial charge in [0.2, 0.25) is 0 Å². The number of carbonyl (C=O) groups is 1. The molecular formula is C11H8BrN3O2. The van der Waals surface area contributed by atoms with E-state index in [9.17, 15) is 4.79 Å². The van der Waals surface area contributed by atoms with Crippen LogP contribution in [0.1, 0.15) is 10.4 Å². The highest BCUT2D eigenvalue weighted by Gasteiger charge is 2.16. The van der Waals surface area contributed by atoms with Crippen LogP contribution in [0.4, 0.5) is 5.69 Å². The standard InChI is InChI=1S/C11H8BrN3O2/c12-8-1-2-9(11(16)17)10(7-8)15(5-3-13)6-4-14/h1-2,7H,5-6H2,(H,16,17). The van der Waals surface area contributed by atoms with Crippen molar-refractivity contribution in [1.82, 2.24) is 0 Å². The van der Waals surface area contributed by atoms with E-state index in [4.69, 9.17) is 15.6 Å². The van der Waals surface area contributed by atoms with Gasteiger partial charge in [-0.25, -0.2) is 4.79 Å². The van der Waals surface area contributed by atoms with Crippen LogP contribution < -0.4 is 4.90 Å². The first kappa shape index (κ1) is 13.0. The Morgan fingerprint density at radius 1 is 1.35 bits per heavy atom. The number of carboxylic acids is 1. The molecule has 1 aromatic rings. The van der Waals surface area contributed by atoms with Crippen molar-refractivity contribution in [1.29, 1.82) is 10.5 Å². The minimum atomic E-state index is -1.09. The lowest BCUT2D eigenvalue weighted by Gasteiger charge is -2.20. The van der Waals surface area contributed by atoms with E-state index in [1.54, 1.807) is 12.1 Å². The van der Waals surface area contributed by atoms with Crippen LogP contribution in [0, 0.1) is 22.7 Å². The summed E-state index contributed by atoms with van der Waals surface area (Å²) in [6, 6.07) is 8.42. The van der Waals surface area contributed by atoms with Gasteiger partial charge >= 0.3 is 5.97 Å². The molecule has 0 saturated carbocycles. The highest BCUT2D eigenvalue weighted by Crippen LogP contribution is 2.25. The molecule has 0 aromatic heterocycles. The average Bonchev–Trinajstić information content (AvgIpc) is 2.28. The SMILES string of the molecule is N#CCN(CC#N)c1cc(Br)ccc1C(=O)O. The molecule has 1 aromatic carbocycles. The van der Waals surface area contributed by atoms with E-state index < -0.39 is 5.97 Å². The summed E-state index contributed by atoms with van der Waals surface area (Å²) < 4.78 is 0.693. The number of hydrogen-bond donors (Lipinski definition) is 1. The van der Waals surface area contributed by atoms with Gasteiger partial charge in [0.1, 0.15) is 13.1 Å². The third-order valence-corrected chi connectivity index (χ3v) is 2.55. The van der Waals surface area contributed by atoms with Gasteiger partial charge in [-0.05, 0) is 18.2 Å². The first-order chi connectivity index (χ1) is 8.10. The van der Waals surface area contributed by atoms with E-state index >= 15 is 0 Å². The maximum Gasteiger partial charge on any atom is 0.337 e. The molecule has 0 aliphatic carbocycles. The molecular weight excluding hydrogens is 286 g/mol. The Labute approximate surface area is 107 Å². The summed E-state index contributed by atoms with van der Waals surface area (Å²) in [6.07, 6.45) is 0. The highest BCUT2D eigenvalue weighted by atomic mass is 79.9. The quantitative estimate of drug-likeness (QED) is 0.858. The molecule has 6 heteroatoms. The number of nitrogens with zero attached hydrogens (tertiary/aromatic N) is 3. The second-order valence-corrected chi connectivity index (χ2v) is 4.05. The van der Waals surface area contributed by atoms with E-state index in [0.717, 1.165) is 0 Å². The van der Waals surface area contributed by atoms with Crippen molar-refractivity contribution in [2.24, 2.45) is 0 Å². The second-order valence-electron chi connectivity index (χ2n) is 3.14. The van der Waals surface area contributed by atoms with Crippen LogP contribution >= 0.6 is 15.9 Å². The van der Waals surface area contributed by atoms with Crippen LogP contribution in [0.2, 0.25) is 0 Å². The molecule has 1 N–H and O–H groups in total. The summed E-state index contributed by atoms with van der Waals surface area (Å²) in [6.45, 7) is -0.0748. The van der Waals surface area contributed by atoms with E-state index in [1.807, 2.05) is 12.1 Å². The van der Waals surface area contributed by atoms with E-state index in [2.05, 4.69) is 15.9 Å². The maximum absolute atomic E-state index is 11.0. The Bertz CT molecular complexity index is 500. The normalized spacial score (nSPS) is 9.12. The first-order valence-corrected chi connectivity index (χ1v) is 5.41. The predicted octanol–water partition coefficient (Wildman–Crippen LogP) is 2.00.